The summed E-state index contributed by atoms with van der Waals surface area (Å²) in [7, 11) is 0. The highest BCUT2D eigenvalue weighted by Gasteiger charge is 2.26. The zero-order valence-electron chi connectivity index (χ0n) is 15.0. The van der Waals surface area contributed by atoms with E-state index in [0.29, 0.717) is 17.7 Å². The number of benzene rings is 2. The number of aromatic nitrogens is 2. The monoisotopic (exact) mass is 375 g/mol. The average molecular weight is 375 g/mol. The van der Waals surface area contributed by atoms with Gasteiger partial charge in [0.2, 0.25) is 0 Å². The average Bonchev–Trinajstić information content (AvgIpc) is 3.38. The first-order valence-electron chi connectivity index (χ1n) is 9.00. The van der Waals surface area contributed by atoms with E-state index in [1.165, 1.54) is 12.1 Å². The normalized spacial score (nSPS) is 16.0. The van der Waals surface area contributed by atoms with E-state index in [1.54, 1.807) is 36.4 Å². The highest BCUT2D eigenvalue weighted by atomic mass is 19.1. The summed E-state index contributed by atoms with van der Waals surface area (Å²) in [4.78, 5) is 14.5. The molecule has 28 heavy (non-hydrogen) atoms. The minimum Gasteiger partial charge on any atom is -0.353 e. The second-order valence-corrected chi connectivity index (χ2v) is 6.74. The van der Waals surface area contributed by atoms with E-state index in [9.17, 15) is 9.18 Å². The molecule has 1 aliphatic heterocycles. The first-order chi connectivity index (χ1) is 13.6. The second-order valence-electron chi connectivity index (χ2n) is 6.74. The molecule has 1 atom stereocenters. The Morgan fingerprint density at radius 1 is 1.25 bits per heavy atom. The molecule has 2 heterocycles. The summed E-state index contributed by atoms with van der Waals surface area (Å²) in [5.41, 5.74) is 2.62. The van der Waals surface area contributed by atoms with E-state index in [4.69, 9.17) is 5.26 Å². The van der Waals surface area contributed by atoms with Crippen molar-refractivity contribution in [1.82, 2.24) is 15.5 Å². The number of hydrogen-bond acceptors (Lipinski definition) is 4. The summed E-state index contributed by atoms with van der Waals surface area (Å²) in [6.07, 6.45) is 0.808. The Balaban J connectivity index is 1.40. The molecule has 0 saturated carbocycles. The van der Waals surface area contributed by atoms with Crippen LogP contribution in [0.5, 0.6) is 0 Å². The van der Waals surface area contributed by atoms with Crippen LogP contribution in [-0.2, 0) is 0 Å². The van der Waals surface area contributed by atoms with Crippen LogP contribution in [0.3, 0.4) is 0 Å². The molecule has 2 N–H and O–H groups in total. The van der Waals surface area contributed by atoms with Gasteiger partial charge in [-0.15, -0.1) is 0 Å². The van der Waals surface area contributed by atoms with Gasteiger partial charge in [-0.2, -0.15) is 10.4 Å². The van der Waals surface area contributed by atoms with Crippen molar-refractivity contribution in [1.29, 1.82) is 5.26 Å². The van der Waals surface area contributed by atoms with Gasteiger partial charge in [0.25, 0.3) is 5.91 Å². The molecule has 1 saturated heterocycles. The Morgan fingerprint density at radius 2 is 2.07 bits per heavy atom. The number of aromatic amines is 1. The molecule has 140 valence electrons. The number of nitrogens with zero attached hydrogens (tertiary/aromatic N) is 3. The summed E-state index contributed by atoms with van der Waals surface area (Å²) < 4.78 is 13.1. The van der Waals surface area contributed by atoms with Gasteiger partial charge in [-0.25, -0.2) is 4.39 Å². The smallest absolute Gasteiger partial charge is 0.251 e. The number of carbonyl (C=O) groups excluding carboxylic acids is 1. The van der Waals surface area contributed by atoms with E-state index in [0.717, 1.165) is 30.0 Å². The molecule has 0 unspecified atom stereocenters. The quantitative estimate of drug-likeness (QED) is 0.734. The minimum absolute atomic E-state index is 0.00390. The number of carbonyl (C=O) groups is 1. The number of nitrogens with one attached hydrogen (secondary N) is 2. The largest absolute Gasteiger partial charge is 0.353 e. The summed E-state index contributed by atoms with van der Waals surface area (Å²) in [5, 5.41) is 19.3. The van der Waals surface area contributed by atoms with Gasteiger partial charge in [0.1, 0.15) is 5.82 Å². The molecule has 6 nitrogen and oxygen atoms in total. The first kappa shape index (κ1) is 17.7. The zero-order chi connectivity index (χ0) is 19.5. The Labute approximate surface area is 161 Å². The summed E-state index contributed by atoms with van der Waals surface area (Å²) in [5.74, 6) is 0.336. The van der Waals surface area contributed by atoms with Crippen LogP contribution in [-0.4, -0.2) is 35.2 Å². The van der Waals surface area contributed by atoms with Crippen molar-refractivity contribution in [2.24, 2.45) is 0 Å². The van der Waals surface area contributed by atoms with Crippen molar-refractivity contribution in [2.45, 2.75) is 12.5 Å². The molecule has 2 aromatic carbocycles. The van der Waals surface area contributed by atoms with Crippen LogP contribution < -0.4 is 10.2 Å². The van der Waals surface area contributed by atoms with Crippen LogP contribution in [0.15, 0.2) is 54.6 Å². The lowest BCUT2D eigenvalue weighted by molar-refractivity contribution is 0.0940. The Kier molecular flexibility index (Phi) is 4.77. The van der Waals surface area contributed by atoms with Gasteiger partial charge in [-0.3, -0.25) is 9.89 Å². The molecule has 1 aromatic heterocycles. The van der Waals surface area contributed by atoms with Crippen molar-refractivity contribution in [2.75, 3.05) is 18.0 Å². The third kappa shape index (κ3) is 3.71. The standard InChI is InChI=1S/C21H18FN5O/c22-17-6-4-15(5-7-17)19-11-20(26-25-19)27-9-8-18(13-27)24-21(28)16-3-1-2-14(10-16)12-23/h1-7,10-11,18H,8-9,13H2,(H,24,28)(H,25,26)/t18-/m0/s1. The summed E-state index contributed by atoms with van der Waals surface area (Å²) >= 11 is 0. The predicted molar refractivity (Wildman–Crippen MR) is 103 cm³/mol. The number of rotatable bonds is 4. The molecule has 0 spiro atoms. The van der Waals surface area contributed by atoms with Gasteiger partial charge < -0.3 is 10.2 Å². The molecule has 0 aliphatic carbocycles. The lowest BCUT2D eigenvalue weighted by atomic mass is 10.1. The van der Waals surface area contributed by atoms with Gasteiger partial charge in [-0.05, 0) is 54.4 Å². The van der Waals surface area contributed by atoms with Gasteiger partial charge in [-0.1, -0.05) is 6.07 Å². The fourth-order valence-electron chi connectivity index (χ4n) is 3.34. The maximum Gasteiger partial charge on any atom is 0.251 e. The van der Waals surface area contributed by atoms with E-state index in [-0.39, 0.29) is 17.8 Å². The number of nitriles is 1. The van der Waals surface area contributed by atoms with Gasteiger partial charge in [0.05, 0.1) is 17.3 Å². The molecular formula is C21H18FN5O. The summed E-state index contributed by atoms with van der Waals surface area (Å²) in [6.45, 7) is 1.42. The van der Waals surface area contributed by atoms with E-state index >= 15 is 0 Å². The Hall–Kier alpha value is -3.66. The van der Waals surface area contributed by atoms with Crippen LogP contribution in [0.2, 0.25) is 0 Å². The molecule has 3 aromatic rings. The van der Waals surface area contributed by atoms with Crippen molar-refractivity contribution in [3.63, 3.8) is 0 Å². The van der Waals surface area contributed by atoms with E-state index in [1.807, 2.05) is 12.1 Å². The summed E-state index contributed by atoms with van der Waals surface area (Å²) in [6, 6.07) is 16.9. The van der Waals surface area contributed by atoms with Crippen LogP contribution in [0.25, 0.3) is 11.3 Å². The van der Waals surface area contributed by atoms with Gasteiger partial charge >= 0.3 is 0 Å². The third-order valence-corrected chi connectivity index (χ3v) is 4.82. The van der Waals surface area contributed by atoms with E-state index in [2.05, 4.69) is 20.4 Å². The Bertz CT molecular complexity index is 1040. The van der Waals surface area contributed by atoms with Crippen LogP contribution in [0, 0.1) is 17.1 Å². The van der Waals surface area contributed by atoms with Crippen LogP contribution in [0.4, 0.5) is 10.2 Å². The van der Waals surface area contributed by atoms with E-state index < -0.39 is 0 Å². The molecule has 7 heteroatoms. The minimum atomic E-state index is -0.276. The van der Waals surface area contributed by atoms with Crippen molar-refractivity contribution in [3.05, 3.63) is 71.5 Å². The molecule has 1 aliphatic rings. The number of halogens is 1. The lowest BCUT2D eigenvalue weighted by Crippen LogP contribution is -2.37. The maximum atomic E-state index is 13.1. The molecule has 1 fully saturated rings. The number of H-pyrrole nitrogens is 1. The highest BCUT2D eigenvalue weighted by Crippen LogP contribution is 2.24. The lowest BCUT2D eigenvalue weighted by Gasteiger charge is -2.16. The fourth-order valence-corrected chi connectivity index (χ4v) is 3.34. The predicted octanol–water partition coefficient (Wildman–Crippen LogP) is 3.10. The second kappa shape index (κ2) is 7.53. The maximum absolute atomic E-state index is 13.1. The number of anilines is 1. The molecule has 0 bridgehead atoms. The van der Waals surface area contributed by atoms with Gasteiger partial charge in [0, 0.05) is 30.8 Å². The van der Waals surface area contributed by atoms with Gasteiger partial charge in [0.15, 0.2) is 5.82 Å². The SMILES string of the molecule is N#Cc1cccc(C(=O)N[C@H]2CCN(c3cc(-c4ccc(F)cc4)[nH]n3)C2)c1. The fraction of sp³-hybridized carbons (Fsp3) is 0.190. The van der Waals surface area contributed by atoms with Crippen molar-refractivity contribution < 1.29 is 9.18 Å². The number of hydrogen-bond donors (Lipinski definition) is 2. The molecular weight excluding hydrogens is 357 g/mol. The van der Waals surface area contributed by atoms with Crippen molar-refractivity contribution >= 4 is 11.7 Å². The highest BCUT2D eigenvalue weighted by molar-refractivity contribution is 5.94. The number of amides is 1. The van der Waals surface area contributed by atoms with Crippen LogP contribution >= 0.6 is 0 Å². The molecule has 4 rings (SSSR count). The first-order valence-corrected chi connectivity index (χ1v) is 9.00. The van der Waals surface area contributed by atoms with Crippen molar-refractivity contribution in [3.8, 4) is 17.3 Å². The molecule has 0 radical (unpaired) electrons. The third-order valence-electron chi connectivity index (χ3n) is 4.82. The Morgan fingerprint density at radius 3 is 2.86 bits per heavy atom. The zero-order valence-corrected chi connectivity index (χ0v) is 15.0. The topological polar surface area (TPSA) is 84.8 Å². The molecule has 1 amide bonds. The van der Waals surface area contributed by atoms with Crippen LogP contribution in [0.1, 0.15) is 22.3 Å².